The van der Waals surface area contributed by atoms with Crippen molar-refractivity contribution in [3.05, 3.63) is 22.2 Å². The smallest absolute Gasteiger partial charge is 0.296 e. The number of thioether (sulfide) groups is 1. The van der Waals surface area contributed by atoms with E-state index in [9.17, 15) is 10.1 Å². The number of rotatable bonds is 11. The monoisotopic (exact) mass is 462 g/mol. The molecule has 1 unspecified atom stereocenters. The third-order valence-electron chi connectivity index (χ3n) is 4.38. The molecule has 0 spiro atoms. The van der Waals surface area contributed by atoms with E-state index in [4.69, 9.17) is 14.2 Å². The molecule has 0 aromatic heterocycles. The van der Waals surface area contributed by atoms with Gasteiger partial charge in [-0.2, -0.15) is 0 Å². The quantitative estimate of drug-likeness (QED) is 0.208. The zero-order valence-electron chi connectivity index (χ0n) is 16.0. The van der Waals surface area contributed by atoms with Gasteiger partial charge in [0.25, 0.3) is 5.69 Å². The Kier molecular flexibility index (Phi) is 8.98. The van der Waals surface area contributed by atoms with Crippen molar-refractivity contribution in [3.63, 3.8) is 0 Å². The first-order valence-electron chi connectivity index (χ1n) is 9.12. The molecule has 0 radical (unpaired) electrons. The van der Waals surface area contributed by atoms with Crippen LogP contribution < -0.4 is 14.4 Å². The highest BCUT2D eigenvalue weighted by Gasteiger charge is 2.36. The minimum Gasteiger partial charge on any atom is -0.493 e. The number of hydrogen-bond acceptors (Lipinski definition) is 7. The SMILES string of the molecule is CCOC(SCC)[C@@H]1CCCN1c1cc(OC)c(OCCBr)cc1[N+](=O)[O-]. The summed E-state index contributed by atoms with van der Waals surface area (Å²) in [4.78, 5) is 13.5. The molecule has 0 amide bonds. The Morgan fingerprint density at radius 3 is 2.78 bits per heavy atom. The van der Waals surface area contributed by atoms with Crippen LogP contribution in [0, 0.1) is 10.1 Å². The van der Waals surface area contributed by atoms with Crippen molar-refractivity contribution in [1.29, 1.82) is 0 Å². The maximum absolute atomic E-state index is 11.8. The van der Waals surface area contributed by atoms with Crippen LogP contribution >= 0.6 is 27.7 Å². The fourth-order valence-corrected chi connectivity index (χ4v) is 4.54. The summed E-state index contributed by atoms with van der Waals surface area (Å²) in [6, 6.07) is 3.28. The molecule has 1 aliphatic heterocycles. The predicted molar refractivity (Wildman–Crippen MR) is 113 cm³/mol. The van der Waals surface area contributed by atoms with Crippen molar-refractivity contribution in [2.75, 3.05) is 42.9 Å². The van der Waals surface area contributed by atoms with Gasteiger partial charge < -0.3 is 19.1 Å². The van der Waals surface area contributed by atoms with Crippen molar-refractivity contribution < 1.29 is 19.1 Å². The van der Waals surface area contributed by atoms with E-state index >= 15 is 0 Å². The second-order valence-corrected chi connectivity index (χ2v) is 8.14. The highest BCUT2D eigenvalue weighted by atomic mass is 79.9. The molecule has 0 bridgehead atoms. The number of alkyl halides is 1. The van der Waals surface area contributed by atoms with Gasteiger partial charge in [0.1, 0.15) is 11.1 Å². The number of benzene rings is 1. The molecule has 1 aromatic carbocycles. The Bertz CT molecular complexity index is 628. The largest absolute Gasteiger partial charge is 0.493 e. The molecular weight excluding hydrogens is 436 g/mol. The molecule has 0 aliphatic carbocycles. The van der Waals surface area contributed by atoms with E-state index in [1.807, 2.05) is 6.92 Å². The Morgan fingerprint density at radius 1 is 1.41 bits per heavy atom. The summed E-state index contributed by atoms with van der Waals surface area (Å²) < 4.78 is 17.0. The Morgan fingerprint density at radius 2 is 2.19 bits per heavy atom. The number of methoxy groups -OCH3 is 1. The number of halogens is 1. The van der Waals surface area contributed by atoms with E-state index in [1.54, 1.807) is 24.9 Å². The van der Waals surface area contributed by atoms with Gasteiger partial charge in [-0.05, 0) is 25.5 Å². The highest BCUT2D eigenvalue weighted by Crippen LogP contribution is 2.43. The Labute approximate surface area is 173 Å². The van der Waals surface area contributed by atoms with Crippen LogP contribution in [0.15, 0.2) is 12.1 Å². The van der Waals surface area contributed by atoms with E-state index in [0.29, 0.717) is 35.7 Å². The van der Waals surface area contributed by atoms with Crippen LogP contribution in [0.1, 0.15) is 26.7 Å². The summed E-state index contributed by atoms with van der Waals surface area (Å²) in [5, 5.41) is 12.4. The standard InChI is InChI=1S/C18H27BrN2O5S/c1-4-25-18(27-5-2)13-7-6-9-20(13)14-11-16(24-3)17(26-10-8-19)12-15(14)21(22)23/h11-13,18H,4-10H2,1-3H3/t13-,18?/m0/s1. The molecule has 1 saturated heterocycles. The van der Waals surface area contributed by atoms with Crippen LogP contribution in [0.4, 0.5) is 11.4 Å². The van der Waals surface area contributed by atoms with E-state index in [2.05, 4.69) is 27.8 Å². The van der Waals surface area contributed by atoms with Gasteiger partial charge in [0.05, 0.1) is 30.7 Å². The molecule has 1 aromatic rings. The van der Waals surface area contributed by atoms with Gasteiger partial charge in [0, 0.05) is 24.5 Å². The van der Waals surface area contributed by atoms with E-state index in [0.717, 1.165) is 25.1 Å². The lowest BCUT2D eigenvalue weighted by atomic mass is 10.1. The number of ether oxygens (including phenoxy) is 3. The fraction of sp³-hybridized carbons (Fsp3) is 0.667. The molecule has 1 fully saturated rings. The first-order chi connectivity index (χ1) is 13.1. The zero-order chi connectivity index (χ0) is 19.8. The lowest BCUT2D eigenvalue weighted by Gasteiger charge is -2.32. The van der Waals surface area contributed by atoms with Gasteiger partial charge >= 0.3 is 0 Å². The van der Waals surface area contributed by atoms with E-state index in [-0.39, 0.29) is 22.1 Å². The first-order valence-corrected chi connectivity index (χ1v) is 11.3. The summed E-state index contributed by atoms with van der Waals surface area (Å²) in [5.41, 5.74) is 0.577. The topological polar surface area (TPSA) is 74.1 Å². The molecule has 0 N–H and O–H groups in total. The number of hydrogen-bond donors (Lipinski definition) is 0. The molecular formula is C18H27BrN2O5S. The maximum atomic E-state index is 11.8. The normalized spacial score (nSPS) is 17.8. The molecule has 1 aliphatic rings. The second-order valence-electron chi connectivity index (χ2n) is 5.97. The van der Waals surface area contributed by atoms with Crippen LogP contribution in [0.3, 0.4) is 0 Å². The van der Waals surface area contributed by atoms with E-state index < -0.39 is 0 Å². The van der Waals surface area contributed by atoms with Crippen molar-refractivity contribution >= 4 is 39.1 Å². The third kappa shape index (κ3) is 5.42. The second kappa shape index (κ2) is 11.0. The first kappa shape index (κ1) is 22.1. The van der Waals surface area contributed by atoms with Crippen molar-refractivity contribution in [2.24, 2.45) is 0 Å². The number of nitro groups is 1. The van der Waals surface area contributed by atoms with Gasteiger partial charge in [-0.15, -0.1) is 11.8 Å². The number of anilines is 1. The van der Waals surface area contributed by atoms with Crippen LogP contribution in [0.25, 0.3) is 0 Å². The van der Waals surface area contributed by atoms with Crippen LogP contribution in [0.5, 0.6) is 11.5 Å². The van der Waals surface area contributed by atoms with Crippen LogP contribution in [-0.2, 0) is 4.74 Å². The molecule has 9 heteroatoms. The molecule has 0 saturated carbocycles. The van der Waals surface area contributed by atoms with Crippen LogP contribution in [0.2, 0.25) is 0 Å². The van der Waals surface area contributed by atoms with Crippen molar-refractivity contribution in [3.8, 4) is 11.5 Å². The average molecular weight is 463 g/mol. The maximum Gasteiger partial charge on any atom is 0.296 e. The lowest BCUT2D eigenvalue weighted by molar-refractivity contribution is -0.384. The molecule has 1 heterocycles. The Balaban J connectivity index is 2.43. The third-order valence-corrected chi connectivity index (χ3v) is 5.81. The summed E-state index contributed by atoms with van der Waals surface area (Å²) in [6.07, 6.45) is 1.92. The Hall–Kier alpha value is -1.19. The van der Waals surface area contributed by atoms with Gasteiger partial charge in [-0.25, -0.2) is 0 Å². The summed E-state index contributed by atoms with van der Waals surface area (Å²) in [5.74, 6) is 1.81. The summed E-state index contributed by atoms with van der Waals surface area (Å²) >= 11 is 5.04. The minimum absolute atomic E-state index is 0.0163. The van der Waals surface area contributed by atoms with Gasteiger partial charge in [0.2, 0.25) is 0 Å². The summed E-state index contributed by atoms with van der Waals surface area (Å²) in [6.45, 7) is 5.84. The lowest BCUT2D eigenvalue weighted by Crippen LogP contribution is -2.39. The van der Waals surface area contributed by atoms with E-state index in [1.165, 1.54) is 6.07 Å². The van der Waals surface area contributed by atoms with Crippen molar-refractivity contribution in [1.82, 2.24) is 0 Å². The molecule has 2 rings (SSSR count). The molecule has 7 nitrogen and oxygen atoms in total. The highest BCUT2D eigenvalue weighted by molar-refractivity contribution is 9.09. The average Bonchev–Trinajstić information content (AvgIpc) is 3.14. The molecule has 2 atom stereocenters. The predicted octanol–water partition coefficient (Wildman–Crippen LogP) is 4.46. The molecule has 152 valence electrons. The number of nitro benzene ring substituents is 1. The van der Waals surface area contributed by atoms with Gasteiger partial charge in [0.15, 0.2) is 11.5 Å². The minimum atomic E-state index is -0.353. The van der Waals surface area contributed by atoms with Gasteiger partial charge in [-0.3, -0.25) is 10.1 Å². The zero-order valence-corrected chi connectivity index (χ0v) is 18.4. The number of nitrogens with zero attached hydrogens (tertiary/aromatic N) is 2. The van der Waals surface area contributed by atoms with Gasteiger partial charge in [-0.1, -0.05) is 22.9 Å². The molecule has 27 heavy (non-hydrogen) atoms. The van der Waals surface area contributed by atoms with Crippen molar-refractivity contribution in [2.45, 2.75) is 38.2 Å². The fourth-order valence-electron chi connectivity index (χ4n) is 3.31. The van der Waals surface area contributed by atoms with Crippen LogP contribution in [-0.4, -0.2) is 54.4 Å². The summed E-state index contributed by atoms with van der Waals surface area (Å²) in [7, 11) is 1.54.